The topological polar surface area (TPSA) is 108 Å². The molecule has 0 saturated heterocycles. The van der Waals surface area contributed by atoms with E-state index in [1.54, 1.807) is 30.3 Å². The lowest BCUT2D eigenvalue weighted by Gasteiger charge is -2.11. The number of anilines is 1. The van der Waals surface area contributed by atoms with Crippen LogP contribution in [0.2, 0.25) is 0 Å². The minimum absolute atomic E-state index is 0.232. The van der Waals surface area contributed by atoms with Gasteiger partial charge in [0.05, 0.1) is 23.3 Å². The lowest BCUT2D eigenvalue weighted by molar-refractivity contribution is -0.384. The number of nitrogens with one attached hydrogen (secondary N) is 1. The fourth-order valence-electron chi connectivity index (χ4n) is 2.75. The Morgan fingerprint density at radius 1 is 1.10 bits per heavy atom. The minimum Gasteiger partial charge on any atom is -0.496 e. The van der Waals surface area contributed by atoms with Gasteiger partial charge in [0, 0.05) is 17.5 Å². The largest absolute Gasteiger partial charge is 0.496 e. The van der Waals surface area contributed by atoms with Gasteiger partial charge in [-0.25, -0.2) is 9.18 Å². The second-order valence-corrected chi connectivity index (χ2v) is 5.91. The average molecular weight is 398 g/mol. The molecule has 0 aliphatic heterocycles. The molecule has 0 heterocycles. The molecule has 29 heavy (non-hydrogen) atoms. The number of nitro benzene ring substituents is 1. The van der Waals surface area contributed by atoms with Gasteiger partial charge in [-0.05, 0) is 23.6 Å². The molecule has 0 fully saturated rings. The van der Waals surface area contributed by atoms with Crippen molar-refractivity contribution in [1.29, 1.82) is 0 Å². The summed E-state index contributed by atoms with van der Waals surface area (Å²) in [5, 5.41) is 14.2. The highest BCUT2D eigenvalue weighted by Gasteiger charge is 2.17. The van der Waals surface area contributed by atoms with Gasteiger partial charge in [-0.15, -0.1) is 0 Å². The van der Waals surface area contributed by atoms with Crippen LogP contribution in [0.4, 0.5) is 15.8 Å². The molecule has 148 valence electrons. The number of ether oxygens (including phenoxy) is 2. The quantitative estimate of drug-likeness (QED) is 0.385. The van der Waals surface area contributed by atoms with E-state index in [1.807, 2.05) is 0 Å². The zero-order valence-corrected chi connectivity index (χ0v) is 15.2. The molecule has 3 aromatic carbocycles. The Bertz CT molecular complexity index is 1120. The number of benzene rings is 3. The van der Waals surface area contributed by atoms with Crippen molar-refractivity contribution in [3.05, 3.63) is 76.1 Å². The van der Waals surface area contributed by atoms with Crippen LogP contribution in [0.15, 0.2) is 54.6 Å². The van der Waals surface area contributed by atoms with Gasteiger partial charge >= 0.3 is 5.97 Å². The molecule has 3 rings (SSSR count). The van der Waals surface area contributed by atoms with Gasteiger partial charge in [-0.2, -0.15) is 0 Å². The zero-order valence-electron chi connectivity index (χ0n) is 15.2. The summed E-state index contributed by atoms with van der Waals surface area (Å²) in [6.07, 6.45) is 0. The second kappa shape index (κ2) is 8.34. The van der Waals surface area contributed by atoms with E-state index in [2.05, 4.69) is 5.32 Å². The number of hydrogen-bond acceptors (Lipinski definition) is 6. The standard InChI is InChI=1S/C20H15FN2O6/c1-28-18-9-7-15(13-4-2-3-5-14(13)18)20(25)29-11-19(24)22-17-10-12(23(26)27)6-8-16(17)21/h2-10H,11H2,1H3,(H,22,24). The van der Waals surface area contributed by atoms with Crippen molar-refractivity contribution in [2.24, 2.45) is 0 Å². The third kappa shape index (κ3) is 4.29. The number of rotatable bonds is 6. The Labute approximate surface area is 164 Å². The maximum atomic E-state index is 13.7. The van der Waals surface area contributed by atoms with E-state index in [1.165, 1.54) is 13.2 Å². The van der Waals surface area contributed by atoms with Crippen molar-refractivity contribution < 1.29 is 28.4 Å². The van der Waals surface area contributed by atoms with Gasteiger partial charge in [0.1, 0.15) is 11.6 Å². The number of halogens is 1. The van der Waals surface area contributed by atoms with E-state index in [9.17, 15) is 24.1 Å². The van der Waals surface area contributed by atoms with Crippen molar-refractivity contribution in [1.82, 2.24) is 0 Å². The van der Waals surface area contributed by atoms with E-state index in [0.717, 1.165) is 18.2 Å². The summed E-state index contributed by atoms with van der Waals surface area (Å²) in [7, 11) is 1.51. The lowest BCUT2D eigenvalue weighted by atomic mass is 10.0. The highest BCUT2D eigenvalue weighted by Crippen LogP contribution is 2.28. The van der Waals surface area contributed by atoms with Crippen LogP contribution in [0.1, 0.15) is 10.4 Å². The lowest BCUT2D eigenvalue weighted by Crippen LogP contribution is -2.21. The van der Waals surface area contributed by atoms with Crippen molar-refractivity contribution in [3.63, 3.8) is 0 Å². The number of nitro groups is 1. The van der Waals surface area contributed by atoms with Gasteiger partial charge in [0.2, 0.25) is 0 Å². The molecule has 0 bridgehead atoms. The molecule has 0 saturated carbocycles. The van der Waals surface area contributed by atoms with E-state index >= 15 is 0 Å². The minimum atomic E-state index is -0.851. The maximum Gasteiger partial charge on any atom is 0.339 e. The number of non-ortho nitro benzene ring substituents is 1. The van der Waals surface area contributed by atoms with Gasteiger partial charge in [0.15, 0.2) is 6.61 Å². The van der Waals surface area contributed by atoms with Gasteiger partial charge in [-0.1, -0.05) is 24.3 Å². The predicted molar refractivity (Wildman–Crippen MR) is 102 cm³/mol. The molecule has 8 nitrogen and oxygen atoms in total. The molecule has 0 aromatic heterocycles. The monoisotopic (exact) mass is 398 g/mol. The summed E-state index contributed by atoms with van der Waals surface area (Å²) in [6.45, 7) is -0.693. The molecule has 1 amide bonds. The second-order valence-electron chi connectivity index (χ2n) is 5.91. The van der Waals surface area contributed by atoms with E-state index < -0.39 is 29.2 Å². The van der Waals surface area contributed by atoms with Crippen molar-refractivity contribution in [3.8, 4) is 5.75 Å². The highest BCUT2D eigenvalue weighted by atomic mass is 19.1. The summed E-state index contributed by atoms with van der Waals surface area (Å²) in [4.78, 5) is 34.5. The number of hydrogen-bond donors (Lipinski definition) is 1. The molecule has 0 spiro atoms. The van der Waals surface area contributed by atoms with Gasteiger partial charge in [0.25, 0.3) is 11.6 Å². The summed E-state index contributed by atoms with van der Waals surface area (Å²) >= 11 is 0. The van der Waals surface area contributed by atoms with Crippen LogP contribution in [0.3, 0.4) is 0 Å². The van der Waals surface area contributed by atoms with Gasteiger partial charge in [-0.3, -0.25) is 14.9 Å². The number of esters is 1. The fraction of sp³-hybridized carbons (Fsp3) is 0.100. The summed E-state index contributed by atoms with van der Waals surface area (Å²) in [5.74, 6) is -1.86. The van der Waals surface area contributed by atoms with Crippen LogP contribution in [0.5, 0.6) is 5.75 Å². The molecule has 0 aliphatic rings. The number of nitrogens with zero attached hydrogens (tertiary/aromatic N) is 1. The normalized spacial score (nSPS) is 10.4. The number of amides is 1. The van der Waals surface area contributed by atoms with Crippen molar-refractivity contribution in [2.45, 2.75) is 0 Å². The number of methoxy groups -OCH3 is 1. The average Bonchev–Trinajstić information content (AvgIpc) is 2.72. The Hall–Kier alpha value is -4.01. The van der Waals surface area contributed by atoms with E-state index in [4.69, 9.17) is 9.47 Å². The first-order chi connectivity index (χ1) is 13.9. The molecule has 3 aromatic rings. The van der Waals surface area contributed by atoms with Crippen LogP contribution >= 0.6 is 0 Å². The van der Waals surface area contributed by atoms with Gasteiger partial charge < -0.3 is 14.8 Å². The first-order valence-corrected chi connectivity index (χ1v) is 8.37. The van der Waals surface area contributed by atoms with Crippen LogP contribution in [-0.4, -0.2) is 30.5 Å². The fourth-order valence-corrected chi connectivity index (χ4v) is 2.75. The maximum absolute atomic E-state index is 13.7. The Morgan fingerprint density at radius 2 is 1.83 bits per heavy atom. The molecule has 0 atom stereocenters. The summed E-state index contributed by atoms with van der Waals surface area (Å²) < 4.78 is 24.0. The number of carbonyl (C=O) groups is 2. The summed E-state index contributed by atoms with van der Waals surface area (Å²) in [6, 6.07) is 12.9. The third-order valence-corrected chi connectivity index (χ3v) is 4.09. The zero-order chi connectivity index (χ0) is 21.0. The molecule has 0 unspecified atom stereocenters. The molecule has 0 aliphatic carbocycles. The van der Waals surface area contributed by atoms with E-state index in [0.29, 0.717) is 16.5 Å². The first kappa shape index (κ1) is 19.7. The summed E-state index contributed by atoms with van der Waals surface area (Å²) in [5.41, 5.74) is -0.533. The van der Waals surface area contributed by atoms with Crippen molar-refractivity contribution in [2.75, 3.05) is 19.0 Å². The number of fused-ring (bicyclic) bond motifs is 1. The SMILES string of the molecule is COc1ccc(C(=O)OCC(=O)Nc2cc([N+](=O)[O-])ccc2F)c2ccccc12. The third-order valence-electron chi connectivity index (χ3n) is 4.09. The number of carbonyl (C=O) groups excluding carboxylic acids is 2. The molecular weight excluding hydrogens is 383 g/mol. The van der Waals surface area contributed by atoms with Crippen LogP contribution in [-0.2, 0) is 9.53 Å². The Kier molecular flexibility index (Phi) is 5.68. The van der Waals surface area contributed by atoms with E-state index in [-0.39, 0.29) is 16.9 Å². The molecule has 9 heteroatoms. The van der Waals surface area contributed by atoms with Crippen LogP contribution < -0.4 is 10.1 Å². The van der Waals surface area contributed by atoms with Crippen molar-refractivity contribution >= 4 is 34.0 Å². The smallest absolute Gasteiger partial charge is 0.339 e. The first-order valence-electron chi connectivity index (χ1n) is 8.37. The molecular formula is C20H15FN2O6. The molecule has 0 radical (unpaired) electrons. The van der Waals surface area contributed by atoms with Crippen LogP contribution in [0, 0.1) is 15.9 Å². The highest BCUT2D eigenvalue weighted by molar-refractivity contribution is 6.07. The molecule has 1 N–H and O–H groups in total. The Balaban J connectivity index is 1.72. The van der Waals surface area contributed by atoms with Crippen LogP contribution in [0.25, 0.3) is 10.8 Å². The predicted octanol–water partition coefficient (Wildman–Crippen LogP) is 3.69. The Morgan fingerprint density at radius 3 is 2.52 bits per heavy atom.